The van der Waals surface area contributed by atoms with Gasteiger partial charge >= 0.3 is 0 Å². The van der Waals surface area contributed by atoms with Gasteiger partial charge in [0.25, 0.3) is 5.91 Å². The van der Waals surface area contributed by atoms with Gasteiger partial charge in [0.1, 0.15) is 4.88 Å². The molecule has 8 heteroatoms. The molecular weight excluding hydrogens is 398 g/mol. The smallest absolute Gasteiger partial charge is 0.263 e. The van der Waals surface area contributed by atoms with E-state index in [0.717, 1.165) is 56.4 Å². The summed E-state index contributed by atoms with van der Waals surface area (Å²) in [5.41, 5.74) is 1.26. The molecule has 1 saturated heterocycles. The second-order valence-electron chi connectivity index (χ2n) is 9.25. The Morgan fingerprint density at radius 1 is 1.30 bits per heavy atom. The number of fused-ring (bicyclic) bond motifs is 1. The molecule has 1 aliphatic heterocycles. The molecule has 2 aromatic heterocycles. The second-order valence-corrected chi connectivity index (χ2v) is 10.5. The van der Waals surface area contributed by atoms with Crippen molar-refractivity contribution >= 4 is 17.2 Å². The first-order valence-electron chi connectivity index (χ1n) is 11.2. The van der Waals surface area contributed by atoms with Gasteiger partial charge in [0.2, 0.25) is 0 Å². The minimum Gasteiger partial charge on any atom is -0.376 e. The van der Waals surface area contributed by atoms with Gasteiger partial charge in [-0.25, -0.2) is 4.98 Å². The Balaban J connectivity index is 1.21. The highest BCUT2D eigenvalue weighted by Gasteiger charge is 2.43. The number of carbonyl (C=O) groups is 1. The molecule has 2 saturated carbocycles. The van der Waals surface area contributed by atoms with Crippen LogP contribution >= 0.6 is 11.3 Å². The Morgan fingerprint density at radius 3 is 2.83 bits per heavy atom. The number of rotatable bonds is 8. The van der Waals surface area contributed by atoms with Crippen LogP contribution in [0.3, 0.4) is 0 Å². The van der Waals surface area contributed by atoms with E-state index in [9.17, 15) is 4.79 Å². The summed E-state index contributed by atoms with van der Waals surface area (Å²) in [6, 6.07) is 0.0914. The summed E-state index contributed by atoms with van der Waals surface area (Å²) in [4.78, 5) is 20.3. The first-order chi connectivity index (χ1) is 14.6. The van der Waals surface area contributed by atoms with Crippen LogP contribution < -0.4 is 5.32 Å². The normalized spacial score (nSPS) is 29.1. The van der Waals surface area contributed by atoms with Crippen molar-refractivity contribution in [3.05, 3.63) is 34.0 Å². The quantitative estimate of drug-likeness (QED) is 0.674. The van der Waals surface area contributed by atoms with Gasteiger partial charge in [0.05, 0.1) is 29.5 Å². The van der Waals surface area contributed by atoms with Gasteiger partial charge in [-0.1, -0.05) is 0 Å². The Hall–Kier alpha value is -1.77. The molecule has 3 heterocycles. The van der Waals surface area contributed by atoms with Crippen LogP contribution in [-0.2, 0) is 11.2 Å². The number of amides is 1. The average Bonchev–Trinajstić information content (AvgIpc) is 3.09. The molecule has 2 aliphatic carbocycles. The van der Waals surface area contributed by atoms with Crippen LogP contribution in [0.4, 0.5) is 0 Å². The third-order valence-electron chi connectivity index (χ3n) is 6.87. The van der Waals surface area contributed by atoms with E-state index in [4.69, 9.17) is 4.74 Å². The number of aryl methyl sites for hydroxylation is 1. The largest absolute Gasteiger partial charge is 0.376 e. The van der Waals surface area contributed by atoms with Gasteiger partial charge in [-0.3, -0.25) is 9.89 Å². The summed E-state index contributed by atoms with van der Waals surface area (Å²) in [5.74, 6) is 2.03. The second kappa shape index (κ2) is 8.77. The number of aromatic amines is 1. The fourth-order valence-corrected chi connectivity index (χ4v) is 5.66. The van der Waals surface area contributed by atoms with Crippen LogP contribution in [0, 0.1) is 24.7 Å². The summed E-state index contributed by atoms with van der Waals surface area (Å²) in [7, 11) is 0. The van der Waals surface area contributed by atoms with Crippen LogP contribution in [0.15, 0.2) is 18.6 Å². The summed E-state index contributed by atoms with van der Waals surface area (Å²) >= 11 is 1.46. The molecule has 0 bridgehead atoms. The molecule has 1 amide bonds. The van der Waals surface area contributed by atoms with Crippen molar-refractivity contribution in [2.45, 2.75) is 51.2 Å². The first-order valence-corrected chi connectivity index (χ1v) is 12.0. The number of ether oxygens (including phenoxy) is 1. The van der Waals surface area contributed by atoms with E-state index in [2.05, 4.69) is 25.4 Å². The van der Waals surface area contributed by atoms with Gasteiger partial charge < -0.3 is 15.0 Å². The van der Waals surface area contributed by atoms with Gasteiger partial charge in [0, 0.05) is 32.4 Å². The highest BCUT2D eigenvalue weighted by Crippen LogP contribution is 2.39. The number of nitrogens with one attached hydrogen (secondary N) is 2. The zero-order chi connectivity index (χ0) is 20.5. The monoisotopic (exact) mass is 429 g/mol. The molecular formula is C22H31N5O2S. The molecule has 30 heavy (non-hydrogen) atoms. The highest BCUT2D eigenvalue weighted by molar-refractivity contribution is 7.13. The molecule has 3 aliphatic rings. The number of nitrogens with zero attached hydrogens (tertiary/aromatic N) is 3. The predicted molar refractivity (Wildman–Crippen MR) is 116 cm³/mol. The van der Waals surface area contributed by atoms with Crippen molar-refractivity contribution in [3.63, 3.8) is 0 Å². The summed E-state index contributed by atoms with van der Waals surface area (Å²) in [5, 5.41) is 11.2. The van der Waals surface area contributed by atoms with E-state index in [-0.39, 0.29) is 18.1 Å². The van der Waals surface area contributed by atoms with E-state index in [0.29, 0.717) is 16.7 Å². The predicted octanol–water partition coefficient (Wildman–Crippen LogP) is 2.65. The Morgan fingerprint density at radius 2 is 2.13 bits per heavy atom. The summed E-state index contributed by atoms with van der Waals surface area (Å²) in [6.45, 7) is 6.10. The number of hydrogen-bond acceptors (Lipinski definition) is 6. The van der Waals surface area contributed by atoms with E-state index in [1.54, 1.807) is 6.20 Å². The molecule has 2 N–H and O–H groups in total. The molecule has 0 aromatic carbocycles. The van der Waals surface area contributed by atoms with Gasteiger partial charge in [-0.05, 0) is 62.3 Å². The van der Waals surface area contributed by atoms with E-state index < -0.39 is 0 Å². The standard InChI is InChI=1S/C22H31N5O2S/c1-14-23-10-21(30-14)22(28)26-19-6-17-11-27(5-4-16-8-24-25-9-16)12-18(17)7-20(19)29-13-15-2-3-15/h8-10,15,17-20H,2-7,11-13H2,1H3,(H,24,25)(H,26,28)/t17-,18+,19-,20-/m0/s1. The van der Waals surface area contributed by atoms with Crippen molar-refractivity contribution in [1.29, 1.82) is 0 Å². The third-order valence-corrected chi connectivity index (χ3v) is 7.78. The lowest BCUT2D eigenvalue weighted by atomic mass is 9.77. The summed E-state index contributed by atoms with van der Waals surface area (Å²) < 4.78 is 6.37. The zero-order valence-electron chi connectivity index (χ0n) is 17.5. The van der Waals surface area contributed by atoms with Crippen LogP contribution in [0.2, 0.25) is 0 Å². The van der Waals surface area contributed by atoms with Gasteiger partial charge in [-0.2, -0.15) is 5.10 Å². The van der Waals surface area contributed by atoms with Gasteiger partial charge in [-0.15, -0.1) is 11.3 Å². The Bertz CT molecular complexity index is 850. The van der Waals surface area contributed by atoms with Crippen LogP contribution in [-0.4, -0.2) is 64.4 Å². The maximum Gasteiger partial charge on any atom is 0.263 e. The minimum absolute atomic E-state index is 0.00103. The molecule has 3 fully saturated rings. The van der Waals surface area contributed by atoms with Crippen molar-refractivity contribution in [2.24, 2.45) is 17.8 Å². The zero-order valence-corrected chi connectivity index (χ0v) is 18.4. The number of thiazole rings is 1. The first kappa shape index (κ1) is 20.2. The molecule has 0 unspecified atom stereocenters. The molecule has 0 spiro atoms. The molecule has 0 radical (unpaired) electrons. The maximum absolute atomic E-state index is 12.8. The van der Waals surface area contributed by atoms with Crippen molar-refractivity contribution < 1.29 is 9.53 Å². The molecule has 5 rings (SSSR count). The topological polar surface area (TPSA) is 83.1 Å². The fraction of sp³-hybridized carbons (Fsp3) is 0.682. The SMILES string of the molecule is Cc1ncc(C(=O)N[C@H]2C[C@H]3CN(CCc4cn[nH]c4)C[C@H]3C[C@@H]2OCC2CC2)s1. The van der Waals surface area contributed by atoms with Crippen molar-refractivity contribution in [3.8, 4) is 0 Å². The van der Waals surface area contributed by atoms with E-state index >= 15 is 0 Å². The van der Waals surface area contributed by atoms with Crippen LogP contribution in [0.5, 0.6) is 0 Å². The maximum atomic E-state index is 12.8. The van der Waals surface area contributed by atoms with Crippen molar-refractivity contribution in [1.82, 2.24) is 25.4 Å². The van der Waals surface area contributed by atoms with E-state index in [1.165, 1.54) is 29.7 Å². The van der Waals surface area contributed by atoms with Crippen molar-refractivity contribution in [2.75, 3.05) is 26.2 Å². The summed E-state index contributed by atoms with van der Waals surface area (Å²) in [6.07, 6.45) is 11.4. The number of hydrogen-bond donors (Lipinski definition) is 2. The van der Waals surface area contributed by atoms with Crippen LogP contribution in [0.1, 0.15) is 45.9 Å². The minimum atomic E-state index is -0.00103. The Labute approximate surface area is 181 Å². The number of likely N-dealkylation sites (tertiary alicyclic amines) is 1. The number of aromatic nitrogens is 3. The van der Waals surface area contributed by atoms with Gasteiger partial charge in [0.15, 0.2) is 0 Å². The molecule has 4 atom stereocenters. The molecule has 7 nitrogen and oxygen atoms in total. The fourth-order valence-electron chi connectivity index (χ4n) is 4.98. The van der Waals surface area contributed by atoms with E-state index in [1.807, 2.05) is 19.3 Å². The Kier molecular flexibility index (Phi) is 5.89. The lowest BCUT2D eigenvalue weighted by molar-refractivity contribution is -0.0211. The highest BCUT2D eigenvalue weighted by atomic mass is 32.1. The third kappa shape index (κ3) is 4.76. The molecule has 2 aromatic rings. The number of H-pyrrole nitrogens is 1. The average molecular weight is 430 g/mol. The molecule has 162 valence electrons. The van der Waals surface area contributed by atoms with Crippen LogP contribution in [0.25, 0.3) is 0 Å². The number of carbonyl (C=O) groups excluding carboxylic acids is 1. The lowest BCUT2D eigenvalue weighted by Gasteiger charge is -2.38. The lowest BCUT2D eigenvalue weighted by Crippen LogP contribution is -2.50.